The molecule has 2 rings (SSSR count). The molecule has 1 N–H and O–H groups in total. The Labute approximate surface area is 157 Å². The number of anilines is 1. The first kappa shape index (κ1) is 20.3. The van der Waals surface area contributed by atoms with Gasteiger partial charge in [-0.25, -0.2) is 4.79 Å². The third kappa shape index (κ3) is 5.21. The van der Waals surface area contributed by atoms with Crippen LogP contribution in [0.2, 0.25) is 5.02 Å². The zero-order chi connectivity index (χ0) is 20.2. The number of carbonyl (C=O) groups is 2. The fourth-order valence-electron chi connectivity index (χ4n) is 1.99. The van der Waals surface area contributed by atoms with Crippen LogP contribution in [0.3, 0.4) is 0 Å². The predicted octanol–water partition coefficient (Wildman–Crippen LogP) is 4.41. The summed E-state index contributed by atoms with van der Waals surface area (Å²) >= 11 is 5.81. The van der Waals surface area contributed by atoms with Crippen molar-refractivity contribution in [3.05, 3.63) is 64.2 Å². The fraction of sp³-hybridized carbons (Fsp3) is 0.167. The predicted molar refractivity (Wildman–Crippen MR) is 91.1 cm³/mol. The van der Waals surface area contributed by atoms with E-state index < -0.39 is 29.7 Å². The molecule has 0 saturated heterocycles. The van der Waals surface area contributed by atoms with Crippen LogP contribution in [-0.4, -0.2) is 18.0 Å². The van der Waals surface area contributed by atoms with Crippen molar-refractivity contribution in [3.8, 4) is 6.07 Å². The topological polar surface area (TPSA) is 79.2 Å². The van der Waals surface area contributed by atoms with Gasteiger partial charge in [-0.05, 0) is 49.4 Å². The fourth-order valence-corrected chi connectivity index (χ4v) is 2.16. The van der Waals surface area contributed by atoms with E-state index in [1.807, 2.05) is 6.07 Å². The van der Waals surface area contributed by atoms with Gasteiger partial charge in [-0.3, -0.25) is 4.79 Å². The van der Waals surface area contributed by atoms with Crippen molar-refractivity contribution in [2.24, 2.45) is 0 Å². The maximum Gasteiger partial charge on any atom is 0.416 e. The molecular weight excluding hydrogens is 385 g/mol. The second-order valence-corrected chi connectivity index (χ2v) is 5.83. The smallest absolute Gasteiger partial charge is 0.416 e. The first-order chi connectivity index (χ1) is 12.6. The molecule has 5 nitrogen and oxygen atoms in total. The van der Waals surface area contributed by atoms with Gasteiger partial charge in [0.15, 0.2) is 6.10 Å². The molecule has 0 radical (unpaired) electrons. The third-order valence-corrected chi connectivity index (χ3v) is 3.78. The molecule has 0 saturated carbocycles. The van der Waals surface area contributed by atoms with E-state index in [0.29, 0.717) is 11.6 Å². The second-order valence-electron chi connectivity index (χ2n) is 5.42. The lowest BCUT2D eigenvalue weighted by Gasteiger charge is -2.15. The molecule has 2 aromatic rings. The summed E-state index contributed by atoms with van der Waals surface area (Å²) in [7, 11) is 0. The molecule has 140 valence electrons. The highest BCUT2D eigenvalue weighted by atomic mass is 35.5. The van der Waals surface area contributed by atoms with Gasteiger partial charge < -0.3 is 10.1 Å². The first-order valence-electron chi connectivity index (χ1n) is 7.50. The highest BCUT2D eigenvalue weighted by Crippen LogP contribution is 2.33. The van der Waals surface area contributed by atoms with Gasteiger partial charge >= 0.3 is 12.1 Å². The summed E-state index contributed by atoms with van der Waals surface area (Å²) in [5, 5.41) is 10.8. The molecule has 1 amide bonds. The summed E-state index contributed by atoms with van der Waals surface area (Å²) in [5.41, 5.74) is -0.774. The Morgan fingerprint density at radius 2 is 1.81 bits per heavy atom. The van der Waals surface area contributed by atoms with Gasteiger partial charge in [-0.1, -0.05) is 11.6 Å². The van der Waals surface area contributed by atoms with Gasteiger partial charge in [0.1, 0.15) is 0 Å². The minimum atomic E-state index is -4.60. The molecule has 1 atom stereocenters. The van der Waals surface area contributed by atoms with Crippen LogP contribution in [0.25, 0.3) is 0 Å². The Morgan fingerprint density at radius 1 is 1.19 bits per heavy atom. The minimum Gasteiger partial charge on any atom is -0.449 e. The first-order valence-corrected chi connectivity index (χ1v) is 7.88. The number of alkyl halides is 3. The quantitative estimate of drug-likeness (QED) is 0.776. The molecule has 0 aliphatic heterocycles. The zero-order valence-electron chi connectivity index (χ0n) is 13.8. The standard InChI is InChI=1S/C18H12ClF3N2O3/c1-10(27-17(26)12-4-2-11(9-23)3-5-12)16(25)24-15-8-13(18(20,21)22)6-7-14(15)19/h2-8,10H,1H3,(H,24,25)/t10-/m0/s1. The summed E-state index contributed by atoms with van der Waals surface area (Å²) in [6.45, 7) is 1.26. The summed E-state index contributed by atoms with van der Waals surface area (Å²) < 4.78 is 43.3. The molecule has 2 aromatic carbocycles. The summed E-state index contributed by atoms with van der Waals surface area (Å²) in [4.78, 5) is 24.1. The Kier molecular flexibility index (Phi) is 6.08. The normalized spacial score (nSPS) is 12.0. The van der Waals surface area contributed by atoms with Gasteiger partial charge in [0.2, 0.25) is 0 Å². The van der Waals surface area contributed by atoms with Crippen molar-refractivity contribution in [1.29, 1.82) is 5.26 Å². The molecular formula is C18H12ClF3N2O3. The van der Waals surface area contributed by atoms with Crippen LogP contribution in [0.15, 0.2) is 42.5 Å². The number of rotatable bonds is 4. The molecule has 0 aliphatic carbocycles. The van der Waals surface area contributed by atoms with Crippen molar-refractivity contribution >= 4 is 29.2 Å². The average molecular weight is 397 g/mol. The lowest BCUT2D eigenvalue weighted by molar-refractivity contribution is -0.137. The average Bonchev–Trinajstić information content (AvgIpc) is 2.62. The van der Waals surface area contributed by atoms with E-state index in [4.69, 9.17) is 21.6 Å². The second kappa shape index (κ2) is 8.10. The van der Waals surface area contributed by atoms with Crippen molar-refractivity contribution in [1.82, 2.24) is 0 Å². The molecule has 0 spiro atoms. The number of nitrogens with zero attached hydrogens (tertiary/aromatic N) is 1. The van der Waals surface area contributed by atoms with Crippen molar-refractivity contribution in [2.75, 3.05) is 5.32 Å². The van der Waals surface area contributed by atoms with E-state index in [0.717, 1.165) is 12.1 Å². The number of ether oxygens (including phenoxy) is 1. The van der Waals surface area contributed by atoms with Crippen LogP contribution < -0.4 is 5.32 Å². The number of amides is 1. The number of hydrogen-bond acceptors (Lipinski definition) is 4. The molecule has 27 heavy (non-hydrogen) atoms. The van der Waals surface area contributed by atoms with Gasteiger partial charge in [-0.2, -0.15) is 18.4 Å². The number of nitrogens with one attached hydrogen (secondary N) is 1. The van der Waals surface area contributed by atoms with E-state index in [1.165, 1.54) is 31.2 Å². The molecule has 0 bridgehead atoms. The summed E-state index contributed by atoms with van der Waals surface area (Å²) in [5.74, 6) is -1.67. The largest absolute Gasteiger partial charge is 0.449 e. The maximum atomic E-state index is 12.8. The van der Waals surface area contributed by atoms with Gasteiger partial charge in [0, 0.05) is 0 Å². The van der Waals surface area contributed by atoms with Crippen LogP contribution in [0, 0.1) is 11.3 Å². The van der Waals surface area contributed by atoms with Crippen molar-refractivity contribution < 1.29 is 27.5 Å². The molecule has 0 unspecified atom stereocenters. The number of nitriles is 1. The molecule has 0 aromatic heterocycles. The van der Waals surface area contributed by atoms with Crippen molar-refractivity contribution in [3.63, 3.8) is 0 Å². The van der Waals surface area contributed by atoms with E-state index in [-0.39, 0.29) is 16.3 Å². The van der Waals surface area contributed by atoms with Crippen LogP contribution in [0.4, 0.5) is 18.9 Å². The van der Waals surface area contributed by atoms with Gasteiger partial charge in [0.25, 0.3) is 5.91 Å². The lowest BCUT2D eigenvalue weighted by atomic mass is 10.1. The molecule has 9 heteroatoms. The van der Waals surface area contributed by atoms with Crippen molar-refractivity contribution in [2.45, 2.75) is 19.2 Å². The Hall–Kier alpha value is -3.05. The Balaban J connectivity index is 2.07. The third-order valence-electron chi connectivity index (χ3n) is 3.45. The van der Waals surface area contributed by atoms with Crippen LogP contribution >= 0.6 is 11.6 Å². The number of esters is 1. The Bertz CT molecular complexity index is 906. The van der Waals surface area contributed by atoms with Crippen LogP contribution in [-0.2, 0) is 15.7 Å². The maximum absolute atomic E-state index is 12.8. The van der Waals surface area contributed by atoms with E-state index in [1.54, 1.807) is 0 Å². The summed E-state index contributed by atoms with van der Waals surface area (Å²) in [6.07, 6.45) is -5.89. The van der Waals surface area contributed by atoms with Crippen LogP contribution in [0.5, 0.6) is 0 Å². The monoisotopic (exact) mass is 396 g/mol. The highest BCUT2D eigenvalue weighted by Gasteiger charge is 2.31. The molecule has 0 fully saturated rings. The van der Waals surface area contributed by atoms with E-state index in [2.05, 4.69) is 5.32 Å². The van der Waals surface area contributed by atoms with Gasteiger partial charge in [0.05, 0.1) is 33.5 Å². The minimum absolute atomic E-state index is 0.0954. The number of hydrogen-bond donors (Lipinski definition) is 1. The number of carbonyl (C=O) groups excluding carboxylic acids is 2. The zero-order valence-corrected chi connectivity index (χ0v) is 14.6. The Morgan fingerprint density at radius 3 is 2.37 bits per heavy atom. The summed E-state index contributed by atoms with van der Waals surface area (Å²) in [6, 6.07) is 9.90. The lowest BCUT2D eigenvalue weighted by Crippen LogP contribution is -2.30. The van der Waals surface area contributed by atoms with E-state index >= 15 is 0 Å². The number of benzene rings is 2. The molecule has 0 heterocycles. The van der Waals surface area contributed by atoms with Crippen LogP contribution in [0.1, 0.15) is 28.4 Å². The van der Waals surface area contributed by atoms with Gasteiger partial charge in [-0.15, -0.1) is 0 Å². The molecule has 0 aliphatic rings. The van der Waals surface area contributed by atoms with E-state index in [9.17, 15) is 22.8 Å². The number of halogens is 4. The SMILES string of the molecule is C[C@H](OC(=O)c1ccc(C#N)cc1)C(=O)Nc1cc(C(F)(F)F)ccc1Cl. The highest BCUT2D eigenvalue weighted by molar-refractivity contribution is 6.33.